The smallest absolute Gasteiger partial charge is 0.244 e. The van der Waals surface area contributed by atoms with Crippen LogP contribution in [-0.4, -0.2) is 49.5 Å². The van der Waals surface area contributed by atoms with Crippen LogP contribution in [0.3, 0.4) is 0 Å². The minimum absolute atomic E-state index is 0. The summed E-state index contributed by atoms with van der Waals surface area (Å²) in [5.74, 6) is 0.807. The number of piperidine rings is 1. The van der Waals surface area contributed by atoms with Crippen molar-refractivity contribution in [3.05, 3.63) is 34.9 Å². The quantitative estimate of drug-likeness (QED) is 0.375. The van der Waals surface area contributed by atoms with E-state index in [1.807, 2.05) is 36.1 Å². The third-order valence-electron chi connectivity index (χ3n) is 4.04. The number of amides is 1. The number of carbonyl (C=O) groups is 1. The number of aliphatic imine (C=N–C) groups is 1. The number of hydrogen-bond acceptors (Lipinski definition) is 2. The van der Waals surface area contributed by atoms with Crippen molar-refractivity contribution in [1.82, 2.24) is 15.5 Å². The highest BCUT2D eigenvalue weighted by molar-refractivity contribution is 14.0. The highest BCUT2D eigenvalue weighted by atomic mass is 127. The van der Waals surface area contributed by atoms with Crippen LogP contribution in [0.4, 0.5) is 0 Å². The van der Waals surface area contributed by atoms with E-state index in [1.165, 1.54) is 12.0 Å². The van der Waals surface area contributed by atoms with Crippen LogP contribution in [0.25, 0.3) is 0 Å². The van der Waals surface area contributed by atoms with Crippen LogP contribution >= 0.6 is 35.6 Å². The van der Waals surface area contributed by atoms with Crippen LogP contribution in [-0.2, 0) is 11.2 Å². The van der Waals surface area contributed by atoms with E-state index in [2.05, 4.69) is 15.6 Å². The van der Waals surface area contributed by atoms with Crippen molar-refractivity contribution in [2.45, 2.75) is 32.6 Å². The van der Waals surface area contributed by atoms with E-state index in [9.17, 15) is 4.79 Å². The molecule has 0 spiro atoms. The zero-order valence-electron chi connectivity index (χ0n) is 14.8. The molecule has 0 atom stereocenters. The second-order valence-corrected chi connectivity index (χ2v) is 6.38. The Kier molecular flexibility index (Phi) is 10.9. The number of carbonyl (C=O) groups excluding carboxylic acids is 1. The molecule has 1 aliphatic rings. The lowest BCUT2D eigenvalue weighted by molar-refractivity contribution is -0.130. The highest BCUT2D eigenvalue weighted by Crippen LogP contribution is 2.10. The van der Waals surface area contributed by atoms with E-state index >= 15 is 0 Å². The molecule has 0 unspecified atom stereocenters. The molecule has 1 aromatic rings. The van der Waals surface area contributed by atoms with Crippen molar-refractivity contribution in [2.24, 2.45) is 4.99 Å². The molecule has 0 aliphatic carbocycles. The van der Waals surface area contributed by atoms with Crippen molar-refractivity contribution in [3.63, 3.8) is 0 Å². The van der Waals surface area contributed by atoms with E-state index in [4.69, 9.17) is 11.6 Å². The van der Waals surface area contributed by atoms with Gasteiger partial charge in [-0.3, -0.25) is 4.79 Å². The van der Waals surface area contributed by atoms with Gasteiger partial charge in [0.15, 0.2) is 5.96 Å². The van der Waals surface area contributed by atoms with Crippen LogP contribution in [0, 0.1) is 0 Å². The van der Waals surface area contributed by atoms with Crippen LogP contribution in [0.15, 0.2) is 29.3 Å². The Bertz CT molecular complexity index is 545. The van der Waals surface area contributed by atoms with Crippen molar-refractivity contribution in [3.8, 4) is 0 Å². The number of guanidine groups is 1. The fraction of sp³-hybridized carbons (Fsp3) is 0.556. The van der Waals surface area contributed by atoms with E-state index in [-0.39, 0.29) is 36.4 Å². The maximum absolute atomic E-state index is 12.2. The van der Waals surface area contributed by atoms with Gasteiger partial charge in [-0.15, -0.1) is 24.0 Å². The molecule has 0 bridgehead atoms. The van der Waals surface area contributed by atoms with Gasteiger partial charge in [0.1, 0.15) is 6.54 Å². The summed E-state index contributed by atoms with van der Waals surface area (Å²) in [5.41, 5.74) is 1.21. The first-order valence-electron chi connectivity index (χ1n) is 8.73. The van der Waals surface area contributed by atoms with E-state index in [0.717, 1.165) is 50.5 Å². The van der Waals surface area contributed by atoms with Crippen LogP contribution < -0.4 is 10.6 Å². The summed E-state index contributed by atoms with van der Waals surface area (Å²) in [6, 6.07) is 7.84. The Labute approximate surface area is 172 Å². The SMILES string of the molecule is CCNC(=NCC(=O)N1CCCCC1)NCCc1ccc(Cl)cc1.I. The normalized spacial score (nSPS) is 14.6. The van der Waals surface area contributed by atoms with Crippen LogP contribution in [0.5, 0.6) is 0 Å². The number of halogens is 2. The second-order valence-electron chi connectivity index (χ2n) is 5.94. The fourth-order valence-corrected chi connectivity index (χ4v) is 2.83. The monoisotopic (exact) mass is 478 g/mol. The number of rotatable bonds is 6. The maximum Gasteiger partial charge on any atom is 0.244 e. The molecule has 0 radical (unpaired) electrons. The van der Waals surface area contributed by atoms with Crippen molar-refractivity contribution in [2.75, 3.05) is 32.7 Å². The topological polar surface area (TPSA) is 56.7 Å². The Morgan fingerprint density at radius 1 is 1.16 bits per heavy atom. The third-order valence-corrected chi connectivity index (χ3v) is 4.30. The summed E-state index contributed by atoms with van der Waals surface area (Å²) >= 11 is 5.89. The Hall–Kier alpha value is -1.02. The number of benzene rings is 1. The average Bonchev–Trinajstić information content (AvgIpc) is 2.62. The molecule has 0 aromatic heterocycles. The molecular weight excluding hydrogens is 451 g/mol. The van der Waals surface area contributed by atoms with Crippen molar-refractivity contribution in [1.29, 1.82) is 0 Å². The average molecular weight is 479 g/mol. The lowest BCUT2D eigenvalue weighted by atomic mass is 10.1. The molecule has 1 heterocycles. The summed E-state index contributed by atoms with van der Waals surface area (Å²) in [4.78, 5) is 18.5. The molecule has 1 amide bonds. The molecular formula is C18H28ClIN4O. The molecule has 7 heteroatoms. The summed E-state index contributed by atoms with van der Waals surface area (Å²) in [6.07, 6.45) is 4.31. The van der Waals surface area contributed by atoms with Gasteiger partial charge in [0.05, 0.1) is 0 Å². The number of hydrogen-bond donors (Lipinski definition) is 2. The zero-order valence-corrected chi connectivity index (χ0v) is 17.8. The highest BCUT2D eigenvalue weighted by Gasteiger charge is 2.15. The standard InChI is InChI=1S/C18H27ClN4O.HI/c1-2-20-18(21-11-10-15-6-8-16(19)9-7-15)22-14-17(24)23-12-4-3-5-13-23;/h6-9H,2-5,10-14H2,1H3,(H2,20,21,22);1H. The van der Waals surface area contributed by atoms with Crippen molar-refractivity contribution >= 4 is 47.4 Å². The van der Waals surface area contributed by atoms with Gasteiger partial charge in [-0.25, -0.2) is 4.99 Å². The molecule has 2 N–H and O–H groups in total. The van der Waals surface area contributed by atoms with Crippen molar-refractivity contribution < 1.29 is 4.79 Å². The molecule has 1 saturated heterocycles. The van der Waals surface area contributed by atoms with Crippen LogP contribution in [0.2, 0.25) is 5.02 Å². The first kappa shape index (κ1) is 22.0. The van der Waals surface area contributed by atoms with Gasteiger partial charge >= 0.3 is 0 Å². The predicted octanol–water partition coefficient (Wildman–Crippen LogP) is 3.07. The van der Waals surface area contributed by atoms with E-state index in [0.29, 0.717) is 5.96 Å². The Morgan fingerprint density at radius 2 is 1.84 bits per heavy atom. The lowest BCUT2D eigenvalue weighted by Gasteiger charge is -2.26. The minimum atomic E-state index is 0. The minimum Gasteiger partial charge on any atom is -0.357 e. The molecule has 5 nitrogen and oxygen atoms in total. The number of nitrogens with zero attached hydrogens (tertiary/aromatic N) is 2. The lowest BCUT2D eigenvalue weighted by Crippen LogP contribution is -2.41. The molecule has 0 saturated carbocycles. The Balaban J connectivity index is 0.00000312. The molecule has 25 heavy (non-hydrogen) atoms. The molecule has 1 fully saturated rings. The largest absolute Gasteiger partial charge is 0.357 e. The van der Waals surface area contributed by atoms with Crippen LogP contribution in [0.1, 0.15) is 31.7 Å². The van der Waals surface area contributed by atoms with Gasteiger partial charge in [-0.1, -0.05) is 23.7 Å². The van der Waals surface area contributed by atoms with Gasteiger partial charge in [0.25, 0.3) is 0 Å². The van der Waals surface area contributed by atoms with Gasteiger partial charge in [-0.2, -0.15) is 0 Å². The molecule has 1 aromatic carbocycles. The number of nitrogens with one attached hydrogen (secondary N) is 2. The molecule has 2 rings (SSSR count). The van der Waals surface area contributed by atoms with E-state index < -0.39 is 0 Å². The third kappa shape index (κ3) is 8.27. The fourth-order valence-electron chi connectivity index (χ4n) is 2.71. The van der Waals surface area contributed by atoms with Gasteiger partial charge in [0.2, 0.25) is 5.91 Å². The van der Waals surface area contributed by atoms with Gasteiger partial charge in [0, 0.05) is 31.2 Å². The first-order valence-corrected chi connectivity index (χ1v) is 9.11. The zero-order chi connectivity index (χ0) is 17.2. The summed E-state index contributed by atoms with van der Waals surface area (Å²) < 4.78 is 0. The predicted molar refractivity (Wildman–Crippen MR) is 115 cm³/mol. The molecule has 140 valence electrons. The summed E-state index contributed by atoms with van der Waals surface area (Å²) in [5, 5.41) is 7.21. The summed E-state index contributed by atoms with van der Waals surface area (Å²) in [6.45, 7) is 5.49. The number of likely N-dealkylation sites (tertiary alicyclic amines) is 1. The van der Waals surface area contributed by atoms with Gasteiger partial charge in [-0.05, 0) is 50.3 Å². The first-order chi connectivity index (χ1) is 11.7. The summed E-state index contributed by atoms with van der Waals surface area (Å²) in [7, 11) is 0. The maximum atomic E-state index is 12.2. The Morgan fingerprint density at radius 3 is 2.48 bits per heavy atom. The van der Waals surface area contributed by atoms with E-state index in [1.54, 1.807) is 0 Å². The second kappa shape index (κ2) is 12.4. The molecule has 1 aliphatic heterocycles. The van der Waals surface area contributed by atoms with Gasteiger partial charge < -0.3 is 15.5 Å².